The zero-order valence-corrected chi connectivity index (χ0v) is 9.11. The van der Waals surface area contributed by atoms with Gasteiger partial charge in [0.05, 0.1) is 0 Å². The van der Waals surface area contributed by atoms with E-state index in [1.807, 2.05) is 19.9 Å². The standard InChI is InChI=1S/C9H18N4O/c1-5-6-9(10)13-7(2)12-8(3)14-11-4/h5-7,11H,1-4H3,(H2,10,13)/b6-5-,12-8-. The Morgan fingerprint density at radius 2 is 2.14 bits per heavy atom. The molecule has 3 N–H and O–H groups in total. The van der Waals surface area contributed by atoms with Gasteiger partial charge in [-0.15, -0.1) is 0 Å². The van der Waals surface area contributed by atoms with Crippen molar-refractivity contribution in [3.05, 3.63) is 12.2 Å². The van der Waals surface area contributed by atoms with Gasteiger partial charge >= 0.3 is 0 Å². The molecular weight excluding hydrogens is 180 g/mol. The van der Waals surface area contributed by atoms with Crippen LogP contribution in [0.1, 0.15) is 20.8 Å². The number of nitrogens with one attached hydrogen (secondary N) is 1. The Morgan fingerprint density at radius 1 is 1.50 bits per heavy atom. The number of hydrogen-bond donors (Lipinski definition) is 2. The Morgan fingerprint density at radius 3 is 2.64 bits per heavy atom. The van der Waals surface area contributed by atoms with Gasteiger partial charge in [-0.3, -0.25) is 0 Å². The van der Waals surface area contributed by atoms with Crippen LogP contribution in [0.15, 0.2) is 22.1 Å². The van der Waals surface area contributed by atoms with Gasteiger partial charge in [0, 0.05) is 14.0 Å². The predicted octanol–water partition coefficient (Wildman–Crippen LogP) is 0.835. The molecule has 0 saturated heterocycles. The highest BCUT2D eigenvalue weighted by Crippen LogP contribution is 1.94. The zero-order chi connectivity index (χ0) is 11.0. The van der Waals surface area contributed by atoms with Crippen molar-refractivity contribution in [3.63, 3.8) is 0 Å². The topological polar surface area (TPSA) is 72.0 Å². The van der Waals surface area contributed by atoms with E-state index in [1.165, 1.54) is 0 Å². The zero-order valence-electron chi connectivity index (χ0n) is 9.11. The molecule has 80 valence electrons. The Labute approximate surface area is 84.7 Å². The number of allylic oxidation sites excluding steroid dienone is 1. The number of aliphatic imine (C=N–C) groups is 2. The molecule has 5 heteroatoms. The predicted molar refractivity (Wildman–Crippen MR) is 59.2 cm³/mol. The number of hydroxylamine groups is 1. The van der Waals surface area contributed by atoms with Gasteiger partial charge < -0.3 is 10.6 Å². The highest BCUT2D eigenvalue weighted by atomic mass is 16.6. The summed E-state index contributed by atoms with van der Waals surface area (Å²) in [6.07, 6.45) is 3.31. The normalized spacial score (nSPS) is 16.0. The lowest BCUT2D eigenvalue weighted by atomic mass is 10.5. The van der Waals surface area contributed by atoms with Crippen molar-refractivity contribution in [1.82, 2.24) is 5.48 Å². The van der Waals surface area contributed by atoms with Crippen molar-refractivity contribution in [3.8, 4) is 0 Å². The maximum absolute atomic E-state index is 5.57. The van der Waals surface area contributed by atoms with Gasteiger partial charge in [-0.1, -0.05) is 6.08 Å². The fourth-order valence-corrected chi connectivity index (χ4v) is 0.896. The lowest BCUT2D eigenvalue weighted by Gasteiger charge is -2.04. The Kier molecular flexibility index (Phi) is 6.39. The quantitative estimate of drug-likeness (QED) is 0.399. The number of nitrogens with zero attached hydrogens (tertiary/aromatic N) is 2. The molecule has 0 rings (SSSR count). The van der Waals surface area contributed by atoms with Gasteiger partial charge in [-0.2, -0.15) is 5.48 Å². The van der Waals surface area contributed by atoms with Crippen molar-refractivity contribution in [2.45, 2.75) is 26.9 Å². The highest BCUT2D eigenvalue weighted by molar-refractivity contribution is 5.91. The van der Waals surface area contributed by atoms with Crippen LogP contribution in [0, 0.1) is 0 Å². The van der Waals surface area contributed by atoms with Gasteiger partial charge in [-0.05, 0) is 19.9 Å². The monoisotopic (exact) mass is 198 g/mol. The van der Waals surface area contributed by atoms with E-state index in [1.54, 1.807) is 20.0 Å². The Hall–Kier alpha value is -1.36. The fourth-order valence-electron chi connectivity index (χ4n) is 0.896. The summed E-state index contributed by atoms with van der Waals surface area (Å²) in [4.78, 5) is 13.1. The number of rotatable bonds is 4. The van der Waals surface area contributed by atoms with Gasteiger partial charge in [0.1, 0.15) is 12.0 Å². The first-order chi connectivity index (χ1) is 6.60. The molecule has 0 radical (unpaired) electrons. The fraction of sp³-hybridized carbons (Fsp3) is 0.556. The molecule has 0 aromatic rings. The third-order valence-electron chi connectivity index (χ3n) is 1.29. The third-order valence-corrected chi connectivity index (χ3v) is 1.29. The molecule has 0 saturated carbocycles. The average molecular weight is 198 g/mol. The number of hydrogen-bond acceptors (Lipinski definition) is 4. The van der Waals surface area contributed by atoms with E-state index in [0.717, 1.165) is 0 Å². The smallest absolute Gasteiger partial charge is 0.208 e. The second-order valence-electron chi connectivity index (χ2n) is 2.64. The van der Waals surface area contributed by atoms with Gasteiger partial charge in [0.25, 0.3) is 0 Å². The molecular formula is C9H18N4O. The first-order valence-electron chi connectivity index (χ1n) is 4.44. The van der Waals surface area contributed by atoms with E-state index in [9.17, 15) is 0 Å². The SMILES string of the molecule is C/C=C\C(N)=N/C(C)/N=C(/C)ONC. The minimum Gasteiger partial charge on any atom is -0.394 e. The largest absolute Gasteiger partial charge is 0.394 e. The summed E-state index contributed by atoms with van der Waals surface area (Å²) in [6.45, 7) is 5.46. The molecule has 0 bridgehead atoms. The minimum atomic E-state index is -0.237. The van der Waals surface area contributed by atoms with Crippen LogP contribution in [0.4, 0.5) is 0 Å². The molecule has 0 amide bonds. The van der Waals surface area contributed by atoms with Crippen LogP contribution in [0.25, 0.3) is 0 Å². The summed E-state index contributed by atoms with van der Waals surface area (Å²) in [5.74, 6) is 0.984. The number of amidine groups is 1. The van der Waals surface area contributed by atoms with Crippen LogP contribution in [0.3, 0.4) is 0 Å². The maximum Gasteiger partial charge on any atom is 0.208 e. The first kappa shape index (κ1) is 12.6. The van der Waals surface area contributed by atoms with Crippen LogP contribution in [-0.2, 0) is 4.84 Å². The molecule has 0 aromatic heterocycles. The number of nitrogens with two attached hydrogens (primary N) is 1. The summed E-state index contributed by atoms with van der Waals surface area (Å²) in [7, 11) is 1.67. The summed E-state index contributed by atoms with van der Waals surface area (Å²) in [5, 5.41) is 0. The van der Waals surface area contributed by atoms with Crippen LogP contribution in [-0.4, -0.2) is 24.9 Å². The molecule has 1 unspecified atom stereocenters. The maximum atomic E-state index is 5.57. The minimum absolute atomic E-state index is 0.237. The lowest BCUT2D eigenvalue weighted by Crippen LogP contribution is -2.16. The van der Waals surface area contributed by atoms with Crippen molar-refractivity contribution in [2.24, 2.45) is 15.7 Å². The third kappa shape index (κ3) is 6.19. The van der Waals surface area contributed by atoms with Crippen molar-refractivity contribution in [1.29, 1.82) is 0 Å². The molecule has 14 heavy (non-hydrogen) atoms. The van der Waals surface area contributed by atoms with E-state index in [4.69, 9.17) is 10.6 Å². The summed E-state index contributed by atoms with van der Waals surface area (Å²) in [5.41, 5.74) is 8.10. The molecule has 0 spiro atoms. The molecule has 5 nitrogen and oxygen atoms in total. The molecule has 0 heterocycles. The van der Waals surface area contributed by atoms with Crippen LogP contribution >= 0.6 is 0 Å². The molecule has 0 aliphatic rings. The van der Waals surface area contributed by atoms with E-state index >= 15 is 0 Å². The molecule has 0 aromatic carbocycles. The average Bonchev–Trinajstić information content (AvgIpc) is 2.03. The Bertz CT molecular complexity index is 245. The second kappa shape index (κ2) is 7.08. The van der Waals surface area contributed by atoms with Crippen molar-refractivity contribution in [2.75, 3.05) is 7.05 Å². The lowest BCUT2D eigenvalue weighted by molar-refractivity contribution is 0.205. The van der Waals surface area contributed by atoms with Gasteiger partial charge in [-0.25, -0.2) is 9.98 Å². The van der Waals surface area contributed by atoms with Gasteiger partial charge in [0.2, 0.25) is 5.90 Å². The summed E-state index contributed by atoms with van der Waals surface area (Å²) >= 11 is 0. The van der Waals surface area contributed by atoms with E-state index in [-0.39, 0.29) is 6.17 Å². The van der Waals surface area contributed by atoms with E-state index < -0.39 is 0 Å². The van der Waals surface area contributed by atoms with Crippen molar-refractivity contribution < 1.29 is 4.84 Å². The molecule has 0 aliphatic heterocycles. The summed E-state index contributed by atoms with van der Waals surface area (Å²) < 4.78 is 0. The van der Waals surface area contributed by atoms with Crippen LogP contribution < -0.4 is 11.2 Å². The van der Waals surface area contributed by atoms with Crippen LogP contribution in [0.2, 0.25) is 0 Å². The second-order valence-corrected chi connectivity index (χ2v) is 2.64. The molecule has 1 atom stereocenters. The highest BCUT2D eigenvalue weighted by Gasteiger charge is 1.97. The van der Waals surface area contributed by atoms with E-state index in [0.29, 0.717) is 11.7 Å². The molecule has 0 aliphatic carbocycles. The van der Waals surface area contributed by atoms with Crippen molar-refractivity contribution >= 4 is 11.7 Å². The van der Waals surface area contributed by atoms with Gasteiger partial charge in [0.15, 0.2) is 0 Å². The summed E-state index contributed by atoms with van der Waals surface area (Å²) in [6, 6.07) is 0. The first-order valence-corrected chi connectivity index (χ1v) is 4.44. The van der Waals surface area contributed by atoms with Crippen LogP contribution in [0.5, 0.6) is 0 Å². The Balaban J connectivity index is 4.27. The van der Waals surface area contributed by atoms with E-state index in [2.05, 4.69) is 15.5 Å². The molecule has 0 fully saturated rings.